The van der Waals surface area contributed by atoms with Gasteiger partial charge in [0.2, 0.25) is 0 Å². The van der Waals surface area contributed by atoms with Crippen molar-refractivity contribution < 1.29 is 0 Å². The van der Waals surface area contributed by atoms with Crippen molar-refractivity contribution in [1.29, 1.82) is 0 Å². The highest BCUT2D eigenvalue weighted by Gasteiger charge is 2.22. The summed E-state index contributed by atoms with van der Waals surface area (Å²) < 4.78 is 2.48. The third-order valence-corrected chi connectivity index (χ3v) is 10.9. The van der Waals surface area contributed by atoms with E-state index in [1.54, 1.807) is 11.3 Å². The van der Waals surface area contributed by atoms with Gasteiger partial charge in [-0.15, -0.1) is 11.3 Å². The monoisotopic (exact) mass is 724 g/mol. The summed E-state index contributed by atoms with van der Waals surface area (Å²) in [6.07, 6.45) is -0.323. The highest BCUT2D eigenvalue weighted by atomic mass is 32.1. The number of hydrogen-bond donors (Lipinski definition) is 1. The number of nitrogens with one attached hydrogen (secondary N) is 1. The minimum Gasteiger partial charge on any atom is -0.344 e. The number of thiophene rings is 1. The average molecular weight is 725 g/mol. The van der Waals surface area contributed by atoms with Crippen molar-refractivity contribution in [2.45, 2.75) is 6.17 Å². The Kier molecular flexibility index (Phi) is 8.31. The fourth-order valence-electron chi connectivity index (χ4n) is 7.02. The van der Waals surface area contributed by atoms with Crippen LogP contribution in [0.25, 0.3) is 65.5 Å². The third kappa shape index (κ3) is 6.47. The quantitative estimate of drug-likeness (QED) is 0.178. The Morgan fingerprint density at radius 2 is 0.945 bits per heavy atom. The van der Waals surface area contributed by atoms with E-state index in [4.69, 9.17) is 24.9 Å². The molecule has 1 aliphatic heterocycles. The number of nitrogens with zero attached hydrogens (tertiary/aromatic N) is 5. The first-order valence-corrected chi connectivity index (χ1v) is 19.0. The molecule has 0 aliphatic carbocycles. The molecular weight excluding hydrogens is 693 g/mol. The maximum Gasteiger partial charge on any atom is 0.164 e. The molecule has 1 N–H and O–H groups in total. The summed E-state index contributed by atoms with van der Waals surface area (Å²) in [5, 5.41) is 6.14. The average Bonchev–Trinajstić information content (AvgIpc) is 3.65. The smallest absolute Gasteiger partial charge is 0.164 e. The molecule has 1 atom stereocenters. The number of fused-ring (bicyclic) bond motifs is 3. The van der Waals surface area contributed by atoms with Crippen molar-refractivity contribution in [2.75, 3.05) is 0 Å². The fourth-order valence-corrected chi connectivity index (χ4v) is 8.17. The lowest BCUT2D eigenvalue weighted by Gasteiger charge is -2.24. The number of benzene rings is 7. The van der Waals surface area contributed by atoms with Crippen LogP contribution in [-0.4, -0.2) is 26.6 Å². The number of rotatable bonds is 7. The molecule has 0 fully saturated rings. The summed E-state index contributed by atoms with van der Waals surface area (Å²) in [5.74, 6) is 3.20. The van der Waals surface area contributed by atoms with Crippen LogP contribution in [0.2, 0.25) is 0 Å². The molecule has 0 radical (unpaired) electrons. The molecular formula is C48H32N6S. The molecule has 0 spiro atoms. The summed E-state index contributed by atoms with van der Waals surface area (Å²) in [6.45, 7) is 0. The highest BCUT2D eigenvalue weighted by molar-refractivity contribution is 7.25. The van der Waals surface area contributed by atoms with Crippen molar-refractivity contribution in [1.82, 2.24) is 20.3 Å². The van der Waals surface area contributed by atoms with Gasteiger partial charge in [-0.2, -0.15) is 0 Å². The summed E-state index contributed by atoms with van der Waals surface area (Å²) in [4.78, 5) is 25.4. The lowest BCUT2D eigenvalue weighted by molar-refractivity contribution is 0.674. The molecule has 9 aromatic rings. The predicted molar refractivity (Wildman–Crippen MR) is 226 cm³/mol. The summed E-state index contributed by atoms with van der Waals surface area (Å²) in [7, 11) is 0. The van der Waals surface area contributed by atoms with Crippen molar-refractivity contribution in [3.05, 3.63) is 199 Å². The van der Waals surface area contributed by atoms with E-state index in [2.05, 4.69) is 121 Å². The minimum atomic E-state index is -0.323. The van der Waals surface area contributed by atoms with E-state index < -0.39 is 0 Å². The van der Waals surface area contributed by atoms with Crippen LogP contribution in [0, 0.1) is 0 Å². The first-order valence-electron chi connectivity index (χ1n) is 18.2. The van der Waals surface area contributed by atoms with Gasteiger partial charge in [0.1, 0.15) is 12.0 Å². The van der Waals surface area contributed by atoms with Crippen molar-refractivity contribution in [3.63, 3.8) is 0 Å². The topological polar surface area (TPSA) is 75.4 Å². The molecule has 0 saturated carbocycles. The second-order valence-corrected chi connectivity index (χ2v) is 14.5. The van der Waals surface area contributed by atoms with E-state index in [9.17, 15) is 0 Å². The van der Waals surface area contributed by atoms with Gasteiger partial charge < -0.3 is 5.32 Å². The molecule has 55 heavy (non-hydrogen) atoms. The van der Waals surface area contributed by atoms with Gasteiger partial charge in [-0.05, 0) is 41.0 Å². The second-order valence-electron chi connectivity index (χ2n) is 13.4. The van der Waals surface area contributed by atoms with E-state index in [0.717, 1.165) is 50.3 Å². The molecule has 1 unspecified atom stereocenters. The van der Waals surface area contributed by atoms with Crippen LogP contribution in [0.1, 0.15) is 22.9 Å². The number of hydrogen-bond acceptors (Lipinski definition) is 7. The van der Waals surface area contributed by atoms with Crippen LogP contribution in [0.5, 0.6) is 0 Å². The van der Waals surface area contributed by atoms with Gasteiger partial charge in [-0.25, -0.2) is 24.9 Å². The van der Waals surface area contributed by atoms with Crippen molar-refractivity contribution in [2.24, 2.45) is 9.98 Å². The minimum absolute atomic E-state index is 0.323. The third-order valence-electron chi connectivity index (χ3n) is 9.78. The molecule has 7 heteroatoms. The van der Waals surface area contributed by atoms with Crippen molar-refractivity contribution in [3.8, 4) is 45.3 Å². The van der Waals surface area contributed by atoms with E-state index in [-0.39, 0.29) is 6.17 Å². The lowest BCUT2D eigenvalue weighted by atomic mass is 10.0. The number of amidine groups is 2. The van der Waals surface area contributed by atoms with Crippen LogP contribution in [-0.2, 0) is 0 Å². The largest absolute Gasteiger partial charge is 0.344 e. The van der Waals surface area contributed by atoms with Crippen LogP contribution in [0.4, 0.5) is 0 Å². The Morgan fingerprint density at radius 1 is 0.400 bits per heavy atom. The van der Waals surface area contributed by atoms with Crippen LogP contribution in [0.3, 0.4) is 0 Å². The van der Waals surface area contributed by atoms with Gasteiger partial charge in [-0.3, -0.25) is 0 Å². The Bertz CT molecular complexity index is 2900. The molecule has 260 valence electrons. The normalized spacial score (nSPS) is 14.0. The van der Waals surface area contributed by atoms with E-state index in [1.165, 1.54) is 20.2 Å². The van der Waals surface area contributed by atoms with Gasteiger partial charge in [0.25, 0.3) is 0 Å². The zero-order chi connectivity index (χ0) is 36.6. The Morgan fingerprint density at radius 3 is 1.67 bits per heavy atom. The molecule has 0 bridgehead atoms. The van der Waals surface area contributed by atoms with Gasteiger partial charge >= 0.3 is 0 Å². The molecule has 2 aromatic heterocycles. The standard InChI is InChI=1S/C48H32N6S/c1-4-14-31(15-5-1)34-20-12-21-35(28-34)45-49-43(32-16-6-2-7-17-32)50-46(53-45)36-22-13-23-37(29-36)47-51-44(33-18-8-3-9-19-33)52-48(54-47)38-26-27-40-39-24-10-11-25-41(39)55-42(40)30-38/h1-30,44H,(H,51,52,54). The fraction of sp³-hybridized carbons (Fsp3) is 0.0208. The van der Waals surface area contributed by atoms with Gasteiger partial charge in [0.05, 0.1) is 0 Å². The number of aliphatic imine (C=N–C) groups is 2. The zero-order valence-electron chi connectivity index (χ0n) is 29.5. The van der Waals surface area contributed by atoms with E-state index in [0.29, 0.717) is 23.3 Å². The molecule has 0 saturated heterocycles. The van der Waals surface area contributed by atoms with Crippen molar-refractivity contribution >= 4 is 43.2 Å². The Labute approximate surface area is 322 Å². The van der Waals surface area contributed by atoms with E-state index in [1.807, 2.05) is 66.7 Å². The van der Waals surface area contributed by atoms with E-state index >= 15 is 0 Å². The van der Waals surface area contributed by atoms with Gasteiger partial charge in [-0.1, -0.05) is 158 Å². The molecule has 10 rings (SSSR count). The molecule has 3 heterocycles. The molecule has 0 amide bonds. The number of aromatic nitrogens is 3. The SMILES string of the molecule is c1ccc(-c2cccc(-c3nc(-c4ccccc4)nc(-c4cccc(C5=NC(c6ccc7c(c6)sc6ccccc67)=NC(c6ccccc6)N5)c4)n3)c2)cc1. The predicted octanol–water partition coefficient (Wildman–Crippen LogP) is 11.4. The van der Waals surface area contributed by atoms with Crippen LogP contribution < -0.4 is 5.32 Å². The zero-order valence-corrected chi connectivity index (χ0v) is 30.4. The first-order chi connectivity index (χ1) is 27.2. The Balaban J connectivity index is 1.07. The maximum absolute atomic E-state index is 5.17. The Hall–Kier alpha value is -7.09. The second kappa shape index (κ2) is 14.0. The molecule has 1 aliphatic rings. The van der Waals surface area contributed by atoms with Crippen LogP contribution >= 0.6 is 11.3 Å². The first kappa shape index (κ1) is 32.6. The summed E-state index contributed by atoms with van der Waals surface area (Å²) in [5.41, 5.74) is 7.86. The molecule has 7 aromatic carbocycles. The highest BCUT2D eigenvalue weighted by Crippen LogP contribution is 2.35. The lowest BCUT2D eigenvalue weighted by Crippen LogP contribution is -2.33. The van der Waals surface area contributed by atoms with Crippen LogP contribution in [0.15, 0.2) is 192 Å². The molecule has 6 nitrogen and oxygen atoms in total. The summed E-state index contributed by atoms with van der Waals surface area (Å²) >= 11 is 1.79. The maximum atomic E-state index is 5.17. The van der Waals surface area contributed by atoms with Gasteiger partial charge in [0, 0.05) is 48.0 Å². The van der Waals surface area contributed by atoms with Gasteiger partial charge in [0.15, 0.2) is 23.3 Å². The summed E-state index contributed by atoms with van der Waals surface area (Å²) in [6, 6.07) is 62.4.